The predicted octanol–water partition coefficient (Wildman–Crippen LogP) is 0.599. The summed E-state index contributed by atoms with van der Waals surface area (Å²) in [5, 5.41) is 2.80. The first-order valence-corrected chi connectivity index (χ1v) is 6.24. The van der Waals surface area contributed by atoms with Gasteiger partial charge in [0, 0.05) is 38.7 Å². The lowest BCUT2D eigenvalue weighted by atomic mass is 10.1. The molecule has 0 aliphatic carbocycles. The molecule has 1 aromatic carbocycles. The monoisotopic (exact) mass is 263 g/mol. The Morgan fingerprint density at radius 1 is 1.37 bits per heavy atom. The number of rotatable bonds is 5. The van der Waals surface area contributed by atoms with Crippen molar-refractivity contribution in [2.45, 2.75) is 13.5 Å². The van der Waals surface area contributed by atoms with Gasteiger partial charge in [0.2, 0.25) is 5.91 Å². The van der Waals surface area contributed by atoms with E-state index in [1.807, 2.05) is 12.1 Å². The maximum absolute atomic E-state index is 11.8. The number of hydrogen-bond acceptors (Lipinski definition) is 3. The summed E-state index contributed by atoms with van der Waals surface area (Å²) in [4.78, 5) is 24.9. The van der Waals surface area contributed by atoms with E-state index in [4.69, 9.17) is 5.73 Å². The molecule has 3 N–H and O–H groups in total. The highest BCUT2D eigenvalue weighted by Crippen LogP contribution is 2.07. The fraction of sp³-hybridized carbons (Fsp3) is 0.429. The number of carbonyl (C=O) groups excluding carboxylic acids is 2. The van der Waals surface area contributed by atoms with Crippen LogP contribution >= 0.6 is 0 Å². The summed E-state index contributed by atoms with van der Waals surface area (Å²) >= 11 is 0. The van der Waals surface area contributed by atoms with E-state index in [0.717, 1.165) is 5.56 Å². The van der Waals surface area contributed by atoms with Gasteiger partial charge in [-0.3, -0.25) is 9.59 Å². The number of nitrogens with two attached hydrogens (primary N) is 1. The number of carbonyl (C=O) groups is 2. The Labute approximate surface area is 113 Å². The summed E-state index contributed by atoms with van der Waals surface area (Å²) < 4.78 is 0. The average molecular weight is 263 g/mol. The number of benzene rings is 1. The van der Waals surface area contributed by atoms with Crippen molar-refractivity contribution in [1.82, 2.24) is 10.2 Å². The molecule has 0 radical (unpaired) electrons. The van der Waals surface area contributed by atoms with Crippen LogP contribution in [-0.4, -0.2) is 37.4 Å². The lowest BCUT2D eigenvalue weighted by molar-refractivity contribution is -0.124. The quantitative estimate of drug-likeness (QED) is 0.817. The van der Waals surface area contributed by atoms with Gasteiger partial charge in [0.25, 0.3) is 5.91 Å². The number of nitrogens with zero attached hydrogens (tertiary/aromatic N) is 1. The lowest BCUT2D eigenvalue weighted by Crippen LogP contribution is -2.32. The summed E-state index contributed by atoms with van der Waals surface area (Å²) in [6.07, 6.45) is 0. The molecule has 0 saturated carbocycles. The van der Waals surface area contributed by atoms with Gasteiger partial charge in [0.15, 0.2) is 0 Å². The van der Waals surface area contributed by atoms with Crippen LogP contribution in [0.15, 0.2) is 24.3 Å². The van der Waals surface area contributed by atoms with Crippen molar-refractivity contribution in [2.75, 3.05) is 20.6 Å². The second kappa shape index (κ2) is 6.89. The van der Waals surface area contributed by atoms with Crippen LogP contribution in [0.2, 0.25) is 0 Å². The third kappa shape index (κ3) is 4.37. The van der Waals surface area contributed by atoms with E-state index in [0.29, 0.717) is 18.7 Å². The Morgan fingerprint density at radius 2 is 2.05 bits per heavy atom. The standard InChI is InChI=1S/C14H21N3O2/c1-10(8-15)13(18)16-9-11-5-4-6-12(7-11)14(19)17(2)3/h4-7,10H,8-9,15H2,1-3H3,(H,16,18). The van der Waals surface area contributed by atoms with Crippen LogP contribution in [0.5, 0.6) is 0 Å². The van der Waals surface area contributed by atoms with E-state index in [1.54, 1.807) is 33.2 Å². The molecular weight excluding hydrogens is 242 g/mol. The molecule has 19 heavy (non-hydrogen) atoms. The van der Waals surface area contributed by atoms with Crippen LogP contribution in [0.1, 0.15) is 22.8 Å². The van der Waals surface area contributed by atoms with E-state index in [-0.39, 0.29) is 17.7 Å². The first kappa shape index (κ1) is 15.2. The highest BCUT2D eigenvalue weighted by Gasteiger charge is 2.11. The summed E-state index contributed by atoms with van der Waals surface area (Å²) in [5.41, 5.74) is 6.94. The van der Waals surface area contributed by atoms with Crippen LogP contribution in [0.3, 0.4) is 0 Å². The van der Waals surface area contributed by atoms with E-state index in [9.17, 15) is 9.59 Å². The highest BCUT2D eigenvalue weighted by atomic mass is 16.2. The van der Waals surface area contributed by atoms with Crippen molar-refractivity contribution >= 4 is 11.8 Å². The van der Waals surface area contributed by atoms with Crippen LogP contribution in [0.25, 0.3) is 0 Å². The van der Waals surface area contributed by atoms with Crippen molar-refractivity contribution in [2.24, 2.45) is 11.7 Å². The Bertz CT molecular complexity index is 458. The number of hydrogen-bond donors (Lipinski definition) is 2. The molecule has 0 heterocycles. The SMILES string of the molecule is CC(CN)C(=O)NCc1cccc(C(=O)N(C)C)c1. The summed E-state index contributed by atoms with van der Waals surface area (Å²) in [7, 11) is 3.42. The fourth-order valence-electron chi connectivity index (χ4n) is 1.54. The molecule has 104 valence electrons. The molecule has 0 spiro atoms. The van der Waals surface area contributed by atoms with Gasteiger partial charge in [-0.1, -0.05) is 19.1 Å². The molecule has 0 aliphatic rings. The van der Waals surface area contributed by atoms with Gasteiger partial charge < -0.3 is 16.0 Å². The Balaban J connectivity index is 2.68. The topological polar surface area (TPSA) is 75.4 Å². The Morgan fingerprint density at radius 3 is 2.63 bits per heavy atom. The van der Waals surface area contributed by atoms with Crippen molar-refractivity contribution in [3.63, 3.8) is 0 Å². The molecule has 1 rings (SSSR count). The third-order valence-corrected chi connectivity index (χ3v) is 2.85. The summed E-state index contributed by atoms with van der Waals surface area (Å²) in [6.45, 7) is 2.50. The zero-order chi connectivity index (χ0) is 14.4. The van der Waals surface area contributed by atoms with Gasteiger partial charge in [-0.05, 0) is 17.7 Å². The largest absolute Gasteiger partial charge is 0.352 e. The van der Waals surface area contributed by atoms with E-state index in [2.05, 4.69) is 5.32 Å². The minimum absolute atomic E-state index is 0.0523. The predicted molar refractivity (Wildman–Crippen MR) is 74.5 cm³/mol. The molecule has 1 unspecified atom stereocenters. The van der Waals surface area contributed by atoms with Gasteiger partial charge in [0.05, 0.1) is 0 Å². The van der Waals surface area contributed by atoms with Crippen LogP contribution in [0, 0.1) is 5.92 Å². The molecular formula is C14H21N3O2. The van der Waals surface area contributed by atoms with Gasteiger partial charge >= 0.3 is 0 Å². The normalized spacial score (nSPS) is 11.8. The van der Waals surface area contributed by atoms with Gasteiger partial charge in [-0.2, -0.15) is 0 Å². The maximum Gasteiger partial charge on any atom is 0.253 e. The lowest BCUT2D eigenvalue weighted by Gasteiger charge is -2.12. The van der Waals surface area contributed by atoms with Crippen LogP contribution in [0.4, 0.5) is 0 Å². The third-order valence-electron chi connectivity index (χ3n) is 2.85. The van der Waals surface area contributed by atoms with Gasteiger partial charge in [0.1, 0.15) is 0 Å². The molecule has 0 bridgehead atoms. The van der Waals surface area contributed by atoms with Gasteiger partial charge in [-0.15, -0.1) is 0 Å². The maximum atomic E-state index is 11.8. The first-order chi connectivity index (χ1) is 8.95. The molecule has 0 aliphatic heterocycles. The van der Waals surface area contributed by atoms with E-state index < -0.39 is 0 Å². The molecule has 1 aromatic rings. The summed E-state index contributed by atoms with van der Waals surface area (Å²) in [5.74, 6) is -0.332. The average Bonchev–Trinajstić information content (AvgIpc) is 2.43. The molecule has 2 amide bonds. The van der Waals surface area contributed by atoms with Crippen LogP contribution in [-0.2, 0) is 11.3 Å². The molecule has 0 fully saturated rings. The second-order valence-corrected chi connectivity index (χ2v) is 4.75. The minimum Gasteiger partial charge on any atom is -0.352 e. The number of nitrogens with one attached hydrogen (secondary N) is 1. The van der Waals surface area contributed by atoms with E-state index >= 15 is 0 Å². The Hall–Kier alpha value is -1.88. The second-order valence-electron chi connectivity index (χ2n) is 4.75. The zero-order valence-corrected chi connectivity index (χ0v) is 11.6. The smallest absolute Gasteiger partial charge is 0.253 e. The molecule has 0 aromatic heterocycles. The summed E-state index contributed by atoms with van der Waals surface area (Å²) in [6, 6.07) is 7.23. The molecule has 5 nitrogen and oxygen atoms in total. The molecule has 1 atom stereocenters. The van der Waals surface area contributed by atoms with Crippen LogP contribution < -0.4 is 11.1 Å². The van der Waals surface area contributed by atoms with Crippen molar-refractivity contribution in [3.8, 4) is 0 Å². The van der Waals surface area contributed by atoms with Crippen molar-refractivity contribution in [3.05, 3.63) is 35.4 Å². The highest BCUT2D eigenvalue weighted by molar-refractivity contribution is 5.94. The minimum atomic E-state index is -0.202. The number of amides is 2. The van der Waals surface area contributed by atoms with Crippen molar-refractivity contribution in [1.29, 1.82) is 0 Å². The Kier molecular flexibility index (Phi) is 5.51. The molecule has 0 saturated heterocycles. The van der Waals surface area contributed by atoms with E-state index in [1.165, 1.54) is 4.90 Å². The fourth-order valence-corrected chi connectivity index (χ4v) is 1.54. The zero-order valence-electron chi connectivity index (χ0n) is 11.6. The molecule has 5 heteroatoms. The van der Waals surface area contributed by atoms with Gasteiger partial charge in [-0.25, -0.2) is 0 Å². The van der Waals surface area contributed by atoms with Crippen molar-refractivity contribution < 1.29 is 9.59 Å². The first-order valence-electron chi connectivity index (χ1n) is 6.24.